The third-order valence-corrected chi connectivity index (χ3v) is 2.97. The number of benzene rings is 1. The lowest BCUT2D eigenvalue weighted by Gasteiger charge is -2.16. The number of amides is 2. The second-order valence-electron chi connectivity index (χ2n) is 4.19. The second-order valence-corrected chi connectivity index (χ2v) is 4.19. The van der Waals surface area contributed by atoms with E-state index in [2.05, 4.69) is 0 Å². The van der Waals surface area contributed by atoms with Gasteiger partial charge in [-0.3, -0.25) is 4.90 Å². The van der Waals surface area contributed by atoms with E-state index in [0.717, 1.165) is 0 Å². The van der Waals surface area contributed by atoms with Gasteiger partial charge in [0.1, 0.15) is 0 Å². The molecule has 1 saturated heterocycles. The Morgan fingerprint density at radius 1 is 1.28 bits per heavy atom. The van der Waals surface area contributed by atoms with Crippen molar-refractivity contribution in [3.05, 3.63) is 29.8 Å². The Morgan fingerprint density at radius 3 is 2.33 bits per heavy atom. The van der Waals surface area contributed by atoms with E-state index in [-0.39, 0.29) is 6.03 Å². The topological polar surface area (TPSA) is 81.1 Å². The van der Waals surface area contributed by atoms with E-state index < -0.39 is 12.1 Å². The molecule has 0 aliphatic carbocycles. The third-order valence-electron chi connectivity index (χ3n) is 2.97. The van der Waals surface area contributed by atoms with Gasteiger partial charge in [-0.25, -0.2) is 9.59 Å². The monoisotopic (exact) mass is 250 g/mol. The van der Waals surface area contributed by atoms with Crippen LogP contribution in [0, 0.1) is 0 Å². The molecule has 0 radical (unpaired) electrons. The fourth-order valence-electron chi connectivity index (χ4n) is 1.87. The number of carbonyl (C=O) groups excluding carboxylic acids is 1. The highest BCUT2D eigenvalue weighted by Crippen LogP contribution is 2.22. The predicted molar refractivity (Wildman–Crippen MR) is 64.4 cm³/mol. The van der Waals surface area contributed by atoms with Crippen LogP contribution in [-0.4, -0.2) is 47.3 Å². The van der Waals surface area contributed by atoms with Gasteiger partial charge in [-0.1, -0.05) is 12.1 Å². The minimum Gasteiger partial charge on any atom is -0.479 e. The smallest absolute Gasteiger partial charge is 0.337 e. The molecule has 18 heavy (non-hydrogen) atoms. The Hall–Kier alpha value is -2.08. The van der Waals surface area contributed by atoms with Gasteiger partial charge >= 0.3 is 12.0 Å². The van der Waals surface area contributed by atoms with E-state index in [1.807, 2.05) is 0 Å². The molecule has 1 fully saturated rings. The molecule has 0 bridgehead atoms. The summed E-state index contributed by atoms with van der Waals surface area (Å²) in [5, 5.41) is 18.0. The van der Waals surface area contributed by atoms with Crippen molar-refractivity contribution in [2.75, 3.05) is 25.0 Å². The van der Waals surface area contributed by atoms with Gasteiger partial charge in [-0.05, 0) is 17.7 Å². The number of nitrogens with zero attached hydrogens (tertiary/aromatic N) is 2. The number of urea groups is 1. The van der Waals surface area contributed by atoms with Crippen LogP contribution in [-0.2, 0) is 4.79 Å². The minimum absolute atomic E-state index is 0.0819. The van der Waals surface area contributed by atoms with Crippen LogP contribution in [0.4, 0.5) is 10.5 Å². The number of carbonyl (C=O) groups is 2. The largest absolute Gasteiger partial charge is 0.479 e. The number of anilines is 1. The van der Waals surface area contributed by atoms with Gasteiger partial charge in [-0.2, -0.15) is 0 Å². The highest BCUT2D eigenvalue weighted by molar-refractivity contribution is 5.94. The highest BCUT2D eigenvalue weighted by Gasteiger charge is 2.26. The number of carboxylic acids is 1. The van der Waals surface area contributed by atoms with Crippen LogP contribution in [0.2, 0.25) is 0 Å². The molecule has 2 amide bonds. The fourth-order valence-corrected chi connectivity index (χ4v) is 1.87. The standard InChI is InChI=1S/C12H14N2O4/c1-13-6-7-14(12(13)18)9-4-2-8(3-5-9)10(15)11(16)17/h2-5,10,15H,6-7H2,1H3,(H,16,17). The van der Waals surface area contributed by atoms with Gasteiger partial charge in [-0.15, -0.1) is 0 Å². The van der Waals surface area contributed by atoms with Crippen molar-refractivity contribution in [1.29, 1.82) is 0 Å². The van der Waals surface area contributed by atoms with Crippen LogP contribution in [0.25, 0.3) is 0 Å². The summed E-state index contributed by atoms with van der Waals surface area (Å²) in [6, 6.07) is 6.22. The maximum atomic E-state index is 11.7. The molecule has 6 heteroatoms. The molecule has 1 heterocycles. The van der Waals surface area contributed by atoms with Crippen molar-refractivity contribution in [2.24, 2.45) is 0 Å². The van der Waals surface area contributed by atoms with Gasteiger partial charge in [0.2, 0.25) is 0 Å². The number of aliphatic hydroxyl groups excluding tert-OH is 1. The third kappa shape index (κ3) is 2.14. The molecule has 0 saturated carbocycles. The fraction of sp³-hybridized carbons (Fsp3) is 0.333. The normalized spacial score (nSPS) is 17.1. The van der Waals surface area contributed by atoms with Gasteiger partial charge in [0.05, 0.1) is 0 Å². The van der Waals surface area contributed by atoms with E-state index in [4.69, 9.17) is 5.11 Å². The molecule has 2 rings (SSSR count). The summed E-state index contributed by atoms with van der Waals surface area (Å²) in [6.07, 6.45) is -1.53. The molecule has 1 atom stereocenters. The van der Waals surface area contributed by atoms with Gasteiger partial charge in [0, 0.05) is 25.8 Å². The lowest BCUT2D eigenvalue weighted by atomic mass is 10.1. The van der Waals surface area contributed by atoms with Crippen molar-refractivity contribution in [3.63, 3.8) is 0 Å². The summed E-state index contributed by atoms with van der Waals surface area (Å²) in [5.74, 6) is -1.29. The summed E-state index contributed by atoms with van der Waals surface area (Å²) in [7, 11) is 1.73. The molecule has 0 aromatic heterocycles. The van der Waals surface area contributed by atoms with Crippen LogP contribution < -0.4 is 4.90 Å². The predicted octanol–water partition coefficient (Wildman–Crippen LogP) is 0.676. The quantitative estimate of drug-likeness (QED) is 0.826. The summed E-state index contributed by atoms with van der Waals surface area (Å²) < 4.78 is 0. The molecular formula is C12H14N2O4. The number of carboxylic acid groups (broad SMARTS) is 1. The molecule has 0 spiro atoms. The molecule has 1 unspecified atom stereocenters. The van der Waals surface area contributed by atoms with Gasteiger partial charge < -0.3 is 15.1 Å². The van der Waals surface area contributed by atoms with Crippen molar-refractivity contribution < 1.29 is 19.8 Å². The number of rotatable bonds is 3. The summed E-state index contributed by atoms with van der Waals surface area (Å²) in [4.78, 5) is 25.6. The van der Waals surface area contributed by atoms with Crippen LogP contribution in [0.3, 0.4) is 0 Å². The Balaban J connectivity index is 2.18. The SMILES string of the molecule is CN1CCN(c2ccc(C(O)C(=O)O)cc2)C1=O. The zero-order chi connectivity index (χ0) is 13.3. The van der Waals surface area contributed by atoms with Crippen LogP contribution in [0.15, 0.2) is 24.3 Å². The first kappa shape index (κ1) is 12.4. The van der Waals surface area contributed by atoms with E-state index >= 15 is 0 Å². The first-order valence-electron chi connectivity index (χ1n) is 5.54. The Morgan fingerprint density at radius 2 is 1.89 bits per heavy atom. The van der Waals surface area contributed by atoms with Crippen molar-refractivity contribution in [3.8, 4) is 0 Å². The van der Waals surface area contributed by atoms with Gasteiger partial charge in [0.25, 0.3) is 0 Å². The van der Waals surface area contributed by atoms with Gasteiger partial charge in [0.15, 0.2) is 6.10 Å². The van der Waals surface area contributed by atoms with E-state index in [1.165, 1.54) is 12.1 Å². The van der Waals surface area contributed by atoms with Crippen LogP contribution >= 0.6 is 0 Å². The molecule has 1 aromatic rings. The number of hydrogen-bond acceptors (Lipinski definition) is 3. The molecule has 6 nitrogen and oxygen atoms in total. The maximum absolute atomic E-state index is 11.7. The van der Waals surface area contributed by atoms with Crippen LogP contribution in [0.5, 0.6) is 0 Å². The second kappa shape index (κ2) is 4.66. The lowest BCUT2D eigenvalue weighted by molar-refractivity contribution is -0.146. The zero-order valence-electron chi connectivity index (χ0n) is 9.91. The van der Waals surface area contributed by atoms with Crippen molar-refractivity contribution in [2.45, 2.75) is 6.10 Å². The van der Waals surface area contributed by atoms with E-state index in [0.29, 0.717) is 24.3 Å². The number of aliphatic hydroxyl groups is 1. The molecule has 1 aromatic carbocycles. The van der Waals surface area contributed by atoms with Crippen LogP contribution in [0.1, 0.15) is 11.7 Å². The average molecular weight is 250 g/mol. The minimum atomic E-state index is -1.53. The Labute approximate surface area is 104 Å². The zero-order valence-corrected chi connectivity index (χ0v) is 9.91. The van der Waals surface area contributed by atoms with Crippen molar-refractivity contribution in [1.82, 2.24) is 4.90 Å². The Bertz CT molecular complexity index is 471. The molecule has 2 N–H and O–H groups in total. The molecule has 96 valence electrons. The summed E-state index contributed by atoms with van der Waals surface area (Å²) in [5.41, 5.74) is 0.997. The maximum Gasteiger partial charge on any atom is 0.337 e. The molecular weight excluding hydrogens is 236 g/mol. The first-order valence-corrected chi connectivity index (χ1v) is 5.54. The molecule has 1 aliphatic rings. The lowest BCUT2D eigenvalue weighted by Crippen LogP contribution is -2.29. The van der Waals surface area contributed by atoms with Crippen molar-refractivity contribution >= 4 is 17.7 Å². The molecule has 1 aliphatic heterocycles. The number of likely N-dealkylation sites (N-methyl/N-ethyl adjacent to an activating group) is 1. The first-order chi connectivity index (χ1) is 8.50. The number of hydrogen-bond donors (Lipinski definition) is 2. The average Bonchev–Trinajstić information content (AvgIpc) is 2.69. The van der Waals surface area contributed by atoms with E-state index in [1.54, 1.807) is 29.0 Å². The Kier molecular flexibility index (Phi) is 3.20. The summed E-state index contributed by atoms with van der Waals surface area (Å²) in [6.45, 7) is 1.27. The van der Waals surface area contributed by atoms with E-state index in [9.17, 15) is 14.7 Å². The highest BCUT2D eigenvalue weighted by atomic mass is 16.4. The summed E-state index contributed by atoms with van der Waals surface area (Å²) >= 11 is 0. The number of aliphatic carboxylic acids is 1.